The number of ether oxygens (including phenoxy) is 1. The average Bonchev–Trinajstić information content (AvgIpc) is 2.72. The lowest BCUT2D eigenvalue weighted by atomic mass is 10.2. The fourth-order valence-corrected chi connectivity index (χ4v) is 2.92. The number of aromatic nitrogens is 2. The van der Waals surface area contributed by atoms with Gasteiger partial charge < -0.3 is 15.0 Å². The molecule has 0 saturated carbocycles. The molecule has 102 valence electrons. The lowest BCUT2D eigenvalue weighted by molar-refractivity contribution is 0.415. The molecule has 1 unspecified atom stereocenters. The second-order valence-corrected chi connectivity index (χ2v) is 5.88. The van der Waals surface area contributed by atoms with Crippen LogP contribution in [-0.4, -0.2) is 27.4 Å². The van der Waals surface area contributed by atoms with Crippen LogP contribution in [0.5, 0.6) is 5.75 Å². The Morgan fingerprint density at radius 3 is 2.95 bits per heavy atom. The zero-order valence-corrected chi connectivity index (χ0v) is 12.8. The Hall–Kier alpha value is -1.27. The molecule has 0 aliphatic rings. The molecule has 0 saturated heterocycles. The summed E-state index contributed by atoms with van der Waals surface area (Å²) in [4.78, 5) is 5.16. The smallest absolute Gasteiger partial charge is 0.168 e. The summed E-state index contributed by atoms with van der Waals surface area (Å²) >= 11 is 6.65. The fraction of sp³-hybridized carbons (Fsp3) is 0.385. The standard InChI is InChI=1S/C13H17N3OS2/c1-8(12(14)18)7-19-13-15-10-6-9(17-3)4-5-11(10)16(13)2/h4-6,8H,7H2,1-3H3,(H2,14,18). The van der Waals surface area contributed by atoms with Crippen molar-refractivity contribution in [3.8, 4) is 5.75 Å². The molecule has 2 N–H and O–H groups in total. The Kier molecular flexibility index (Phi) is 4.31. The van der Waals surface area contributed by atoms with Gasteiger partial charge in [0.25, 0.3) is 0 Å². The Bertz CT molecular complexity index is 609. The summed E-state index contributed by atoms with van der Waals surface area (Å²) in [5.74, 6) is 1.86. The van der Waals surface area contributed by atoms with Crippen LogP contribution >= 0.6 is 24.0 Å². The van der Waals surface area contributed by atoms with E-state index < -0.39 is 0 Å². The molecule has 6 heteroatoms. The Morgan fingerprint density at radius 1 is 1.58 bits per heavy atom. The van der Waals surface area contributed by atoms with Crippen LogP contribution in [0.15, 0.2) is 23.4 Å². The number of thioether (sulfide) groups is 1. The molecule has 0 spiro atoms. The molecule has 19 heavy (non-hydrogen) atoms. The van der Waals surface area contributed by atoms with Gasteiger partial charge in [-0.3, -0.25) is 0 Å². The molecule has 0 aliphatic carbocycles. The van der Waals surface area contributed by atoms with E-state index in [1.807, 2.05) is 32.2 Å². The van der Waals surface area contributed by atoms with Crippen molar-refractivity contribution < 1.29 is 4.74 Å². The van der Waals surface area contributed by atoms with Gasteiger partial charge >= 0.3 is 0 Å². The fourth-order valence-electron chi connectivity index (χ4n) is 1.70. The third kappa shape index (κ3) is 3.01. The molecule has 1 aromatic carbocycles. The molecule has 1 atom stereocenters. The van der Waals surface area contributed by atoms with Gasteiger partial charge in [-0.25, -0.2) is 4.98 Å². The van der Waals surface area contributed by atoms with Crippen molar-refractivity contribution in [3.05, 3.63) is 18.2 Å². The summed E-state index contributed by atoms with van der Waals surface area (Å²) in [7, 11) is 3.67. The Balaban J connectivity index is 2.24. The number of aryl methyl sites for hydroxylation is 1. The van der Waals surface area contributed by atoms with Crippen molar-refractivity contribution in [2.75, 3.05) is 12.9 Å². The first-order chi connectivity index (χ1) is 9.02. The van der Waals surface area contributed by atoms with E-state index in [0.29, 0.717) is 4.99 Å². The second-order valence-electron chi connectivity index (χ2n) is 4.42. The quantitative estimate of drug-likeness (QED) is 0.679. The molecule has 2 rings (SSSR count). The van der Waals surface area contributed by atoms with Gasteiger partial charge in [-0.15, -0.1) is 0 Å². The van der Waals surface area contributed by atoms with Gasteiger partial charge in [-0.2, -0.15) is 0 Å². The van der Waals surface area contributed by atoms with Crippen molar-refractivity contribution in [2.24, 2.45) is 18.7 Å². The molecule has 0 aliphatic heterocycles. The number of imidazole rings is 1. The maximum Gasteiger partial charge on any atom is 0.168 e. The van der Waals surface area contributed by atoms with Crippen LogP contribution in [0.25, 0.3) is 11.0 Å². The van der Waals surface area contributed by atoms with E-state index in [9.17, 15) is 0 Å². The number of hydrogen-bond acceptors (Lipinski definition) is 4. The molecule has 1 aromatic heterocycles. The van der Waals surface area contributed by atoms with Crippen LogP contribution in [-0.2, 0) is 7.05 Å². The lowest BCUT2D eigenvalue weighted by Crippen LogP contribution is -2.20. The summed E-state index contributed by atoms with van der Waals surface area (Å²) in [6.07, 6.45) is 0. The van der Waals surface area contributed by atoms with Crippen LogP contribution in [0.2, 0.25) is 0 Å². The molecule has 4 nitrogen and oxygen atoms in total. The maximum absolute atomic E-state index is 5.63. The molecule has 0 bridgehead atoms. The van der Waals surface area contributed by atoms with Crippen molar-refractivity contribution >= 4 is 40.0 Å². The monoisotopic (exact) mass is 295 g/mol. The van der Waals surface area contributed by atoms with E-state index in [0.717, 1.165) is 27.7 Å². The highest BCUT2D eigenvalue weighted by atomic mass is 32.2. The maximum atomic E-state index is 5.63. The van der Waals surface area contributed by atoms with Gasteiger partial charge in [-0.05, 0) is 12.1 Å². The van der Waals surface area contributed by atoms with Crippen LogP contribution in [0.1, 0.15) is 6.92 Å². The number of hydrogen-bond donors (Lipinski definition) is 1. The first-order valence-electron chi connectivity index (χ1n) is 5.95. The van der Waals surface area contributed by atoms with E-state index in [-0.39, 0.29) is 5.92 Å². The first kappa shape index (κ1) is 14.1. The number of benzene rings is 1. The zero-order valence-electron chi connectivity index (χ0n) is 11.2. The summed E-state index contributed by atoms with van der Waals surface area (Å²) < 4.78 is 7.29. The van der Waals surface area contributed by atoms with Crippen molar-refractivity contribution in [2.45, 2.75) is 12.1 Å². The van der Waals surface area contributed by atoms with Gasteiger partial charge in [-0.1, -0.05) is 30.9 Å². The summed E-state index contributed by atoms with van der Waals surface area (Å²) in [5, 5.41) is 0.964. The summed E-state index contributed by atoms with van der Waals surface area (Å²) in [6.45, 7) is 2.03. The predicted octanol–water partition coefficient (Wildman–Crippen LogP) is 2.60. The van der Waals surface area contributed by atoms with Crippen LogP contribution in [0, 0.1) is 5.92 Å². The second kappa shape index (κ2) is 5.79. The van der Waals surface area contributed by atoms with E-state index in [4.69, 9.17) is 22.7 Å². The normalized spacial score (nSPS) is 12.6. The van der Waals surface area contributed by atoms with Crippen LogP contribution < -0.4 is 10.5 Å². The first-order valence-corrected chi connectivity index (χ1v) is 7.35. The minimum atomic E-state index is 0.203. The van der Waals surface area contributed by atoms with E-state index in [1.165, 1.54) is 0 Å². The van der Waals surface area contributed by atoms with Crippen molar-refractivity contribution in [3.63, 3.8) is 0 Å². The van der Waals surface area contributed by atoms with E-state index in [2.05, 4.69) is 9.55 Å². The number of methoxy groups -OCH3 is 1. The lowest BCUT2D eigenvalue weighted by Gasteiger charge is -2.08. The Labute approximate surface area is 122 Å². The van der Waals surface area contributed by atoms with Gasteiger partial charge in [0, 0.05) is 24.8 Å². The SMILES string of the molecule is COc1ccc2c(c1)nc(SCC(C)C(N)=S)n2C. The largest absolute Gasteiger partial charge is 0.497 e. The molecule has 0 fully saturated rings. The van der Waals surface area contributed by atoms with Crippen molar-refractivity contribution in [1.82, 2.24) is 9.55 Å². The minimum absolute atomic E-state index is 0.203. The van der Waals surface area contributed by atoms with Crippen molar-refractivity contribution in [1.29, 1.82) is 0 Å². The highest BCUT2D eigenvalue weighted by molar-refractivity contribution is 7.99. The average molecular weight is 295 g/mol. The molecular weight excluding hydrogens is 278 g/mol. The zero-order chi connectivity index (χ0) is 14.0. The number of rotatable bonds is 5. The number of fused-ring (bicyclic) bond motifs is 1. The highest BCUT2D eigenvalue weighted by Crippen LogP contribution is 2.26. The van der Waals surface area contributed by atoms with Crippen LogP contribution in [0.3, 0.4) is 0 Å². The minimum Gasteiger partial charge on any atom is -0.497 e. The third-order valence-corrected chi connectivity index (χ3v) is 4.69. The van der Waals surface area contributed by atoms with E-state index in [1.54, 1.807) is 18.9 Å². The van der Waals surface area contributed by atoms with Gasteiger partial charge in [0.1, 0.15) is 5.75 Å². The highest BCUT2D eigenvalue weighted by Gasteiger charge is 2.12. The summed E-state index contributed by atoms with van der Waals surface area (Å²) in [6, 6.07) is 5.90. The van der Waals surface area contributed by atoms with Gasteiger partial charge in [0.2, 0.25) is 0 Å². The number of nitrogens with two attached hydrogens (primary N) is 1. The molecule has 0 radical (unpaired) electrons. The number of thiocarbonyl (C=S) groups is 1. The Morgan fingerprint density at radius 2 is 2.32 bits per heavy atom. The topological polar surface area (TPSA) is 53.1 Å². The molecule has 1 heterocycles. The van der Waals surface area contributed by atoms with Crippen LogP contribution in [0.4, 0.5) is 0 Å². The van der Waals surface area contributed by atoms with Gasteiger partial charge in [0.05, 0.1) is 23.1 Å². The third-order valence-electron chi connectivity index (χ3n) is 3.00. The molecule has 0 amide bonds. The molecular formula is C13H17N3OS2. The molecule has 2 aromatic rings. The van der Waals surface area contributed by atoms with Gasteiger partial charge in [0.15, 0.2) is 5.16 Å². The number of nitrogens with zero attached hydrogens (tertiary/aromatic N) is 2. The summed E-state index contributed by atoms with van der Waals surface area (Å²) in [5.41, 5.74) is 7.65. The van der Waals surface area contributed by atoms with E-state index >= 15 is 0 Å². The predicted molar refractivity (Wildman–Crippen MR) is 83.9 cm³/mol.